The lowest BCUT2D eigenvalue weighted by molar-refractivity contribution is -0.111. The molecule has 0 radical (unpaired) electrons. The second-order valence-corrected chi connectivity index (χ2v) is 4.44. The molecule has 0 bridgehead atoms. The number of nitrogens with one attached hydrogen (secondary N) is 1. The highest BCUT2D eigenvalue weighted by molar-refractivity contribution is 6.32. The highest BCUT2D eigenvalue weighted by Crippen LogP contribution is 2.16. The molecule has 0 atom stereocenters. The molecular formula is C14H14ClN3O2. The molecule has 0 aliphatic carbocycles. The van der Waals surface area contributed by atoms with Crippen molar-refractivity contribution in [3.05, 3.63) is 53.3 Å². The summed E-state index contributed by atoms with van der Waals surface area (Å²) >= 11 is 6.00. The summed E-state index contributed by atoms with van der Waals surface area (Å²) < 4.78 is 6.50. The summed E-state index contributed by atoms with van der Waals surface area (Å²) in [6, 6.07) is 7.30. The Kier molecular flexibility index (Phi) is 4.92. The molecule has 5 nitrogen and oxygen atoms in total. The Labute approximate surface area is 121 Å². The first-order chi connectivity index (χ1) is 9.69. The molecule has 0 saturated heterocycles. The zero-order chi connectivity index (χ0) is 14.4. The molecule has 6 heteroatoms. The van der Waals surface area contributed by atoms with E-state index in [1.807, 2.05) is 18.2 Å². The van der Waals surface area contributed by atoms with Gasteiger partial charge >= 0.3 is 0 Å². The van der Waals surface area contributed by atoms with Gasteiger partial charge in [-0.05, 0) is 17.7 Å². The van der Waals surface area contributed by atoms with Crippen LogP contribution in [0, 0.1) is 0 Å². The Bertz CT molecular complexity index is 622. The van der Waals surface area contributed by atoms with Crippen molar-refractivity contribution < 1.29 is 9.53 Å². The van der Waals surface area contributed by atoms with Gasteiger partial charge in [0.05, 0.1) is 18.1 Å². The van der Waals surface area contributed by atoms with E-state index in [0.29, 0.717) is 17.4 Å². The first-order valence-corrected chi connectivity index (χ1v) is 6.32. The zero-order valence-corrected chi connectivity index (χ0v) is 11.7. The van der Waals surface area contributed by atoms with E-state index in [4.69, 9.17) is 16.3 Å². The zero-order valence-electron chi connectivity index (χ0n) is 10.9. The average Bonchev–Trinajstić information content (AvgIpc) is 2.85. The third-order valence-corrected chi connectivity index (χ3v) is 2.83. The number of benzene rings is 1. The third kappa shape index (κ3) is 3.94. The summed E-state index contributed by atoms with van der Waals surface area (Å²) in [6.45, 7) is 0.339. The number of halogens is 1. The summed E-state index contributed by atoms with van der Waals surface area (Å²) in [5.41, 5.74) is 1.40. The van der Waals surface area contributed by atoms with Crippen molar-refractivity contribution in [1.82, 2.24) is 9.78 Å². The van der Waals surface area contributed by atoms with Crippen molar-refractivity contribution in [2.24, 2.45) is 0 Å². The quantitative estimate of drug-likeness (QED) is 0.862. The number of carbonyl (C=O) groups excluding carboxylic acids is 1. The van der Waals surface area contributed by atoms with E-state index >= 15 is 0 Å². The number of rotatable bonds is 5. The minimum absolute atomic E-state index is 0.248. The molecule has 20 heavy (non-hydrogen) atoms. The molecular weight excluding hydrogens is 278 g/mol. The maximum atomic E-state index is 11.8. The van der Waals surface area contributed by atoms with Gasteiger partial charge in [0.2, 0.25) is 5.91 Å². The molecule has 2 aromatic rings. The maximum Gasteiger partial charge on any atom is 0.248 e. The average molecular weight is 292 g/mol. The summed E-state index contributed by atoms with van der Waals surface area (Å²) in [4.78, 5) is 11.8. The van der Waals surface area contributed by atoms with Crippen LogP contribution in [0.4, 0.5) is 5.69 Å². The van der Waals surface area contributed by atoms with E-state index in [0.717, 1.165) is 5.56 Å². The molecule has 1 amide bonds. The Morgan fingerprint density at radius 2 is 2.30 bits per heavy atom. The summed E-state index contributed by atoms with van der Waals surface area (Å²) in [6.07, 6.45) is 6.33. The number of aromatic nitrogens is 2. The maximum absolute atomic E-state index is 11.8. The van der Waals surface area contributed by atoms with Crippen LogP contribution >= 0.6 is 11.6 Å². The lowest BCUT2D eigenvalue weighted by Gasteiger charge is -1.99. The van der Waals surface area contributed by atoms with Crippen molar-refractivity contribution in [3.63, 3.8) is 0 Å². The van der Waals surface area contributed by atoms with Crippen molar-refractivity contribution >= 4 is 29.3 Å². The first-order valence-electron chi connectivity index (χ1n) is 5.94. The predicted molar refractivity (Wildman–Crippen MR) is 78.4 cm³/mol. The van der Waals surface area contributed by atoms with Gasteiger partial charge in [-0.1, -0.05) is 29.8 Å². The smallest absolute Gasteiger partial charge is 0.248 e. The van der Waals surface area contributed by atoms with Crippen LogP contribution in [0.15, 0.2) is 42.7 Å². The lowest BCUT2D eigenvalue weighted by atomic mass is 10.2. The standard InChI is InChI=1S/C14H14ClN3O2/c1-20-10-18-9-12(8-16-18)17-14(19)7-6-11-4-2-3-5-13(11)15/h2-9H,10H2,1H3,(H,17,19)/b7-6+. The van der Waals surface area contributed by atoms with Gasteiger partial charge in [0, 0.05) is 18.2 Å². The predicted octanol–water partition coefficient (Wildman–Crippen LogP) is 2.79. The second-order valence-electron chi connectivity index (χ2n) is 4.03. The Balaban J connectivity index is 1.96. The van der Waals surface area contributed by atoms with E-state index in [9.17, 15) is 4.79 Å². The normalized spacial score (nSPS) is 10.9. The Morgan fingerprint density at radius 3 is 3.05 bits per heavy atom. The van der Waals surface area contributed by atoms with Crippen LogP contribution in [-0.4, -0.2) is 22.8 Å². The molecule has 1 N–H and O–H groups in total. The molecule has 0 fully saturated rings. The van der Waals surface area contributed by atoms with Gasteiger partial charge in [-0.15, -0.1) is 0 Å². The van der Waals surface area contributed by atoms with Crippen LogP contribution in [0.2, 0.25) is 5.02 Å². The minimum Gasteiger partial charge on any atom is -0.362 e. The number of nitrogens with zero attached hydrogens (tertiary/aromatic N) is 2. The van der Waals surface area contributed by atoms with Gasteiger partial charge in [0.1, 0.15) is 6.73 Å². The van der Waals surface area contributed by atoms with Gasteiger partial charge in [-0.2, -0.15) is 5.10 Å². The van der Waals surface area contributed by atoms with E-state index in [1.165, 1.54) is 6.08 Å². The summed E-state index contributed by atoms with van der Waals surface area (Å²) in [5.74, 6) is -0.248. The van der Waals surface area contributed by atoms with E-state index in [-0.39, 0.29) is 5.91 Å². The summed E-state index contributed by atoms with van der Waals surface area (Å²) in [7, 11) is 1.58. The Morgan fingerprint density at radius 1 is 1.50 bits per heavy atom. The van der Waals surface area contributed by atoms with Gasteiger partial charge in [-0.3, -0.25) is 4.79 Å². The van der Waals surface area contributed by atoms with Crippen LogP contribution in [0.1, 0.15) is 5.56 Å². The fourth-order valence-electron chi connectivity index (χ4n) is 1.59. The van der Waals surface area contributed by atoms with Crippen LogP contribution < -0.4 is 5.32 Å². The molecule has 2 rings (SSSR count). The van der Waals surface area contributed by atoms with Crippen molar-refractivity contribution in [1.29, 1.82) is 0 Å². The van der Waals surface area contributed by atoms with Crippen molar-refractivity contribution in [3.8, 4) is 0 Å². The van der Waals surface area contributed by atoms with E-state index < -0.39 is 0 Å². The van der Waals surface area contributed by atoms with Crippen LogP contribution in [0.25, 0.3) is 6.08 Å². The number of amides is 1. The van der Waals surface area contributed by atoms with E-state index in [1.54, 1.807) is 36.3 Å². The largest absolute Gasteiger partial charge is 0.362 e. The monoisotopic (exact) mass is 291 g/mol. The number of carbonyl (C=O) groups is 1. The molecule has 104 valence electrons. The number of hydrogen-bond acceptors (Lipinski definition) is 3. The SMILES string of the molecule is COCn1cc(NC(=O)/C=C/c2ccccc2Cl)cn1. The number of hydrogen-bond donors (Lipinski definition) is 1. The fourth-order valence-corrected chi connectivity index (χ4v) is 1.79. The molecule has 0 aliphatic rings. The molecule has 1 heterocycles. The molecule has 1 aromatic carbocycles. The highest BCUT2D eigenvalue weighted by atomic mass is 35.5. The number of methoxy groups -OCH3 is 1. The molecule has 0 saturated carbocycles. The lowest BCUT2D eigenvalue weighted by Crippen LogP contribution is -2.07. The highest BCUT2D eigenvalue weighted by Gasteiger charge is 2.02. The second kappa shape index (κ2) is 6.88. The van der Waals surface area contributed by atoms with Crippen LogP contribution in [-0.2, 0) is 16.3 Å². The van der Waals surface area contributed by atoms with Gasteiger partial charge in [-0.25, -0.2) is 4.68 Å². The Hall–Kier alpha value is -2.11. The first kappa shape index (κ1) is 14.3. The van der Waals surface area contributed by atoms with Crippen LogP contribution in [0.3, 0.4) is 0 Å². The third-order valence-electron chi connectivity index (χ3n) is 2.48. The van der Waals surface area contributed by atoms with Crippen molar-refractivity contribution in [2.45, 2.75) is 6.73 Å². The molecule has 1 aromatic heterocycles. The van der Waals surface area contributed by atoms with Crippen molar-refractivity contribution in [2.75, 3.05) is 12.4 Å². The van der Waals surface area contributed by atoms with Gasteiger partial charge < -0.3 is 10.1 Å². The van der Waals surface area contributed by atoms with Gasteiger partial charge in [0.25, 0.3) is 0 Å². The molecule has 0 spiro atoms. The number of ether oxygens (including phenoxy) is 1. The van der Waals surface area contributed by atoms with E-state index in [2.05, 4.69) is 10.4 Å². The van der Waals surface area contributed by atoms with Crippen LogP contribution in [0.5, 0.6) is 0 Å². The number of anilines is 1. The topological polar surface area (TPSA) is 56.1 Å². The molecule has 0 unspecified atom stereocenters. The fraction of sp³-hybridized carbons (Fsp3) is 0.143. The molecule has 0 aliphatic heterocycles. The summed E-state index contributed by atoms with van der Waals surface area (Å²) in [5, 5.41) is 7.33. The van der Waals surface area contributed by atoms with Gasteiger partial charge in [0.15, 0.2) is 0 Å². The minimum atomic E-state index is -0.248.